The summed E-state index contributed by atoms with van der Waals surface area (Å²) in [6.07, 6.45) is 5.98. The van der Waals surface area contributed by atoms with E-state index in [0.717, 1.165) is 43.2 Å². The van der Waals surface area contributed by atoms with Gasteiger partial charge in [0.2, 0.25) is 0 Å². The van der Waals surface area contributed by atoms with Crippen LogP contribution in [0.3, 0.4) is 0 Å². The first-order valence-electron chi connectivity index (χ1n) is 8.84. The Morgan fingerprint density at radius 3 is 2.67 bits per heavy atom. The molecule has 1 aromatic heterocycles. The lowest BCUT2D eigenvalue weighted by atomic mass is 9.98. The summed E-state index contributed by atoms with van der Waals surface area (Å²) < 4.78 is 2.16. The number of amides is 3. The highest BCUT2D eigenvalue weighted by Gasteiger charge is 2.52. The van der Waals surface area contributed by atoms with Gasteiger partial charge in [0.25, 0.3) is 5.91 Å². The first-order chi connectivity index (χ1) is 11.6. The molecular weight excluding hydrogens is 326 g/mol. The average Bonchev–Trinajstić information content (AvgIpc) is 3.09. The quantitative estimate of drug-likeness (QED) is 0.629. The van der Waals surface area contributed by atoms with Crippen molar-refractivity contribution in [2.75, 3.05) is 12.3 Å². The zero-order chi connectivity index (χ0) is 16.7. The van der Waals surface area contributed by atoms with Crippen molar-refractivity contribution in [3.05, 3.63) is 5.82 Å². The van der Waals surface area contributed by atoms with E-state index in [9.17, 15) is 9.59 Å². The number of urea groups is 1. The highest BCUT2D eigenvalue weighted by molar-refractivity contribution is 7.99. The highest BCUT2D eigenvalue weighted by atomic mass is 32.2. The largest absolute Gasteiger partial charge is 0.325 e. The zero-order valence-corrected chi connectivity index (χ0v) is 14.8. The smallest absolute Gasteiger partial charge is 0.323 e. The average molecular weight is 349 g/mol. The molecule has 3 amide bonds. The molecule has 4 rings (SSSR count). The summed E-state index contributed by atoms with van der Waals surface area (Å²) in [5, 5.41) is 12.4. The molecule has 8 heteroatoms. The Kier molecular flexibility index (Phi) is 4.02. The molecular formula is C16H23N5O2S. The van der Waals surface area contributed by atoms with Gasteiger partial charge in [-0.1, -0.05) is 24.6 Å². The van der Waals surface area contributed by atoms with Crippen LogP contribution in [0.5, 0.6) is 0 Å². The van der Waals surface area contributed by atoms with Crippen molar-refractivity contribution in [1.29, 1.82) is 0 Å². The number of rotatable bonds is 6. The normalized spacial score (nSPS) is 22.6. The van der Waals surface area contributed by atoms with E-state index in [4.69, 9.17) is 0 Å². The monoisotopic (exact) mass is 349 g/mol. The topological polar surface area (TPSA) is 80.1 Å². The van der Waals surface area contributed by atoms with Crippen LogP contribution in [-0.2, 0) is 11.3 Å². The summed E-state index contributed by atoms with van der Waals surface area (Å²) in [5.74, 6) is 2.26. The van der Waals surface area contributed by atoms with Gasteiger partial charge in [-0.2, -0.15) is 0 Å². The summed E-state index contributed by atoms with van der Waals surface area (Å²) in [7, 11) is 0. The van der Waals surface area contributed by atoms with E-state index in [1.807, 2.05) is 0 Å². The van der Waals surface area contributed by atoms with Crippen LogP contribution >= 0.6 is 11.8 Å². The molecule has 1 aliphatic heterocycles. The summed E-state index contributed by atoms with van der Waals surface area (Å²) in [6.45, 7) is 3.38. The molecule has 3 aliphatic rings. The number of thioether (sulfide) groups is 1. The second kappa shape index (κ2) is 6.06. The molecule has 0 aromatic carbocycles. The van der Waals surface area contributed by atoms with Gasteiger partial charge in [-0.15, -0.1) is 10.2 Å². The lowest BCUT2D eigenvalue weighted by Gasteiger charge is -2.19. The lowest BCUT2D eigenvalue weighted by molar-refractivity contribution is -0.130. The van der Waals surface area contributed by atoms with Crippen molar-refractivity contribution in [2.45, 2.75) is 68.6 Å². The Labute approximate surface area is 145 Å². The van der Waals surface area contributed by atoms with E-state index in [1.165, 1.54) is 17.7 Å². The van der Waals surface area contributed by atoms with Crippen LogP contribution in [0.1, 0.15) is 57.2 Å². The fourth-order valence-corrected chi connectivity index (χ4v) is 4.71. The predicted molar refractivity (Wildman–Crippen MR) is 89.8 cm³/mol. The Hall–Kier alpha value is -1.57. The van der Waals surface area contributed by atoms with Gasteiger partial charge in [-0.25, -0.2) is 4.79 Å². The number of carbonyl (C=O) groups is 2. The number of imide groups is 1. The SMILES string of the molecule is CCn1c(SCCN2C(=O)NC3(CCCC3)C2=O)nnc1C1CC1. The fraction of sp³-hybridized carbons (Fsp3) is 0.750. The molecule has 130 valence electrons. The van der Waals surface area contributed by atoms with Crippen molar-refractivity contribution >= 4 is 23.7 Å². The van der Waals surface area contributed by atoms with Crippen molar-refractivity contribution in [3.63, 3.8) is 0 Å². The molecule has 1 N–H and O–H groups in total. The van der Waals surface area contributed by atoms with E-state index in [1.54, 1.807) is 11.8 Å². The molecule has 0 bridgehead atoms. The van der Waals surface area contributed by atoms with Gasteiger partial charge in [0.1, 0.15) is 11.4 Å². The van der Waals surface area contributed by atoms with Gasteiger partial charge in [-0.3, -0.25) is 9.69 Å². The number of nitrogens with zero attached hydrogens (tertiary/aromatic N) is 4. The van der Waals surface area contributed by atoms with Crippen molar-refractivity contribution in [1.82, 2.24) is 25.0 Å². The predicted octanol–water partition coefficient (Wildman–Crippen LogP) is 2.13. The van der Waals surface area contributed by atoms with Gasteiger partial charge in [0, 0.05) is 24.8 Å². The molecule has 7 nitrogen and oxygen atoms in total. The van der Waals surface area contributed by atoms with Gasteiger partial charge in [-0.05, 0) is 32.6 Å². The van der Waals surface area contributed by atoms with E-state index in [2.05, 4.69) is 27.0 Å². The maximum atomic E-state index is 12.6. The second-order valence-corrected chi connectivity index (χ2v) is 7.95. The Morgan fingerprint density at radius 1 is 1.25 bits per heavy atom. The minimum absolute atomic E-state index is 0.0405. The highest BCUT2D eigenvalue weighted by Crippen LogP contribution is 2.40. The molecule has 2 saturated carbocycles. The van der Waals surface area contributed by atoms with Crippen LogP contribution in [0.4, 0.5) is 4.79 Å². The van der Waals surface area contributed by atoms with Crippen molar-refractivity contribution in [3.8, 4) is 0 Å². The van der Waals surface area contributed by atoms with Crippen LogP contribution in [0.25, 0.3) is 0 Å². The molecule has 0 radical (unpaired) electrons. The summed E-state index contributed by atoms with van der Waals surface area (Å²) in [6, 6.07) is -0.238. The van der Waals surface area contributed by atoms with Gasteiger partial charge in [0.05, 0.1) is 0 Å². The molecule has 3 fully saturated rings. The molecule has 0 atom stereocenters. The summed E-state index contributed by atoms with van der Waals surface area (Å²) in [5.41, 5.74) is -0.607. The van der Waals surface area contributed by atoms with Crippen LogP contribution in [0.2, 0.25) is 0 Å². The van der Waals surface area contributed by atoms with Gasteiger partial charge >= 0.3 is 6.03 Å². The zero-order valence-electron chi connectivity index (χ0n) is 14.0. The summed E-state index contributed by atoms with van der Waals surface area (Å²) >= 11 is 1.57. The van der Waals surface area contributed by atoms with E-state index >= 15 is 0 Å². The Morgan fingerprint density at radius 2 is 2.00 bits per heavy atom. The Balaban J connectivity index is 1.37. The van der Waals surface area contributed by atoms with E-state index in [0.29, 0.717) is 18.2 Å². The maximum absolute atomic E-state index is 12.6. The van der Waals surface area contributed by atoms with Gasteiger partial charge < -0.3 is 9.88 Å². The number of hydrogen-bond acceptors (Lipinski definition) is 5. The third kappa shape index (κ3) is 2.60. The van der Waals surface area contributed by atoms with Gasteiger partial charge in [0.15, 0.2) is 5.16 Å². The molecule has 2 aliphatic carbocycles. The second-order valence-electron chi connectivity index (χ2n) is 6.88. The lowest BCUT2D eigenvalue weighted by Crippen LogP contribution is -2.44. The standard InChI is InChI=1S/C16H23N5O2S/c1-2-20-12(11-5-6-11)18-19-15(20)24-10-9-21-13(22)16(17-14(21)23)7-3-4-8-16/h11H,2-10H2,1H3,(H,17,23). The number of carbonyl (C=O) groups excluding carboxylic acids is 2. The molecule has 1 spiro atoms. The first-order valence-corrected chi connectivity index (χ1v) is 9.83. The Bertz CT molecular complexity index is 663. The van der Waals surface area contributed by atoms with Crippen LogP contribution in [0.15, 0.2) is 5.16 Å². The van der Waals surface area contributed by atoms with Crippen molar-refractivity contribution < 1.29 is 9.59 Å². The molecule has 1 saturated heterocycles. The van der Waals surface area contributed by atoms with Crippen LogP contribution in [0, 0.1) is 0 Å². The van der Waals surface area contributed by atoms with E-state index < -0.39 is 5.54 Å². The minimum atomic E-state index is -0.607. The number of nitrogens with one attached hydrogen (secondary N) is 1. The third-order valence-corrected chi connectivity index (χ3v) is 6.20. The van der Waals surface area contributed by atoms with Crippen LogP contribution < -0.4 is 5.32 Å². The summed E-state index contributed by atoms with van der Waals surface area (Å²) in [4.78, 5) is 26.2. The molecule has 1 aromatic rings. The minimum Gasteiger partial charge on any atom is -0.323 e. The maximum Gasteiger partial charge on any atom is 0.325 e. The van der Waals surface area contributed by atoms with E-state index in [-0.39, 0.29) is 11.9 Å². The number of aromatic nitrogens is 3. The molecule has 24 heavy (non-hydrogen) atoms. The molecule has 2 heterocycles. The van der Waals surface area contributed by atoms with Crippen molar-refractivity contribution in [2.24, 2.45) is 0 Å². The fourth-order valence-electron chi connectivity index (χ4n) is 3.77. The first kappa shape index (κ1) is 15.9. The number of hydrogen-bond donors (Lipinski definition) is 1. The van der Waals surface area contributed by atoms with Crippen LogP contribution in [-0.4, -0.2) is 49.4 Å². The molecule has 0 unspecified atom stereocenters. The third-order valence-electron chi connectivity index (χ3n) is 5.25.